The van der Waals surface area contributed by atoms with Gasteiger partial charge in [-0.15, -0.1) is 0 Å². The van der Waals surface area contributed by atoms with Crippen molar-refractivity contribution >= 4 is 17.6 Å². The molecule has 2 aromatic carbocycles. The molecule has 23 heavy (non-hydrogen) atoms. The van der Waals surface area contributed by atoms with Crippen LogP contribution in [0.25, 0.3) is 0 Å². The number of anilines is 1. The average Bonchev–Trinajstić information content (AvgIpc) is 2.94. The maximum absolute atomic E-state index is 13.5. The van der Waals surface area contributed by atoms with Crippen LogP contribution >= 0.6 is 0 Å². The van der Waals surface area contributed by atoms with Crippen molar-refractivity contribution in [3.05, 3.63) is 59.4 Å². The van der Waals surface area contributed by atoms with Gasteiger partial charge in [-0.3, -0.25) is 9.59 Å². The summed E-state index contributed by atoms with van der Waals surface area (Å²) in [7, 11) is 1.32. The summed E-state index contributed by atoms with van der Waals surface area (Å²) in [6, 6.07) is 10.7. The Morgan fingerprint density at radius 2 is 2.00 bits per heavy atom. The first-order chi connectivity index (χ1) is 11.0. The molecule has 6 heteroatoms. The highest BCUT2D eigenvalue weighted by atomic mass is 19.1. The van der Waals surface area contributed by atoms with Gasteiger partial charge < -0.3 is 14.7 Å². The number of ether oxygens (including phenoxy) is 1. The Labute approximate surface area is 131 Å². The summed E-state index contributed by atoms with van der Waals surface area (Å²) in [5.41, 5.74) is 1.40. The topological polar surface area (TPSA) is 66.8 Å². The van der Waals surface area contributed by atoms with Crippen molar-refractivity contribution < 1.29 is 23.8 Å². The first-order valence-electron chi connectivity index (χ1n) is 7.00. The highest BCUT2D eigenvalue weighted by Crippen LogP contribution is 2.37. The van der Waals surface area contributed by atoms with Gasteiger partial charge in [0.2, 0.25) is 0 Å². The van der Waals surface area contributed by atoms with Crippen molar-refractivity contribution in [1.82, 2.24) is 0 Å². The first-order valence-corrected chi connectivity index (χ1v) is 7.00. The minimum Gasteiger partial charge on any atom is -0.494 e. The summed E-state index contributed by atoms with van der Waals surface area (Å²) in [5, 5.41) is 9.34. The van der Waals surface area contributed by atoms with Crippen LogP contribution in [0, 0.1) is 5.82 Å². The Balaban J connectivity index is 1.99. The molecule has 2 aromatic rings. The fourth-order valence-corrected chi connectivity index (χ4v) is 2.76. The molecule has 3 rings (SSSR count). The number of halogens is 1. The standard InChI is InChI=1S/C17H14FNO4/c1-23-15-8-10(6-7-13(15)18)16(20)19-9-12(17(21)22)11-4-2-3-5-14(11)19/h2-8,12H,9H2,1H3,(H,21,22). The number of carbonyl (C=O) groups is 2. The van der Waals surface area contributed by atoms with Crippen molar-refractivity contribution in [1.29, 1.82) is 0 Å². The summed E-state index contributed by atoms with van der Waals surface area (Å²) < 4.78 is 18.4. The number of benzene rings is 2. The lowest BCUT2D eigenvalue weighted by Crippen LogP contribution is -2.31. The fraction of sp³-hybridized carbons (Fsp3) is 0.176. The van der Waals surface area contributed by atoms with E-state index < -0.39 is 17.7 Å². The van der Waals surface area contributed by atoms with Crippen LogP contribution < -0.4 is 9.64 Å². The van der Waals surface area contributed by atoms with Gasteiger partial charge in [0.05, 0.1) is 7.11 Å². The molecule has 0 radical (unpaired) electrons. The number of rotatable bonds is 3. The largest absolute Gasteiger partial charge is 0.494 e. The smallest absolute Gasteiger partial charge is 0.312 e. The second-order valence-corrected chi connectivity index (χ2v) is 5.21. The number of carboxylic acids is 1. The maximum Gasteiger partial charge on any atom is 0.312 e. The number of fused-ring (bicyclic) bond motifs is 1. The van der Waals surface area contributed by atoms with E-state index in [4.69, 9.17) is 4.74 Å². The number of methoxy groups -OCH3 is 1. The summed E-state index contributed by atoms with van der Waals surface area (Å²) in [4.78, 5) is 25.5. The molecule has 1 unspecified atom stereocenters. The average molecular weight is 315 g/mol. The van der Waals surface area contributed by atoms with E-state index in [0.717, 1.165) is 6.07 Å². The Morgan fingerprint density at radius 1 is 1.26 bits per heavy atom. The predicted octanol–water partition coefficient (Wildman–Crippen LogP) is 2.66. The van der Waals surface area contributed by atoms with Crippen LogP contribution in [-0.4, -0.2) is 30.6 Å². The molecule has 0 saturated carbocycles. The molecular weight excluding hydrogens is 301 g/mol. The summed E-state index contributed by atoms with van der Waals surface area (Å²) in [5.74, 6) is -2.73. The Morgan fingerprint density at radius 3 is 2.70 bits per heavy atom. The minimum absolute atomic E-state index is 0.0295. The molecule has 1 aliphatic heterocycles. The van der Waals surface area contributed by atoms with Gasteiger partial charge in [-0.2, -0.15) is 0 Å². The van der Waals surface area contributed by atoms with E-state index >= 15 is 0 Å². The van der Waals surface area contributed by atoms with Crippen LogP contribution in [0.1, 0.15) is 21.8 Å². The molecule has 0 aliphatic carbocycles. The van der Waals surface area contributed by atoms with Gasteiger partial charge in [0.1, 0.15) is 5.92 Å². The number of carboxylic acid groups (broad SMARTS) is 1. The van der Waals surface area contributed by atoms with E-state index in [1.807, 2.05) is 0 Å². The van der Waals surface area contributed by atoms with Crippen molar-refractivity contribution in [3.63, 3.8) is 0 Å². The molecule has 1 aliphatic rings. The normalized spacial score (nSPS) is 16.1. The van der Waals surface area contributed by atoms with Crippen LogP contribution in [0.3, 0.4) is 0 Å². The molecule has 0 aromatic heterocycles. The zero-order valence-electron chi connectivity index (χ0n) is 12.3. The molecule has 1 amide bonds. The minimum atomic E-state index is -0.982. The number of nitrogens with zero attached hydrogens (tertiary/aromatic N) is 1. The molecule has 0 spiro atoms. The number of hydrogen-bond acceptors (Lipinski definition) is 3. The van der Waals surface area contributed by atoms with E-state index in [2.05, 4.69) is 0 Å². The lowest BCUT2D eigenvalue weighted by Gasteiger charge is -2.18. The monoisotopic (exact) mass is 315 g/mol. The van der Waals surface area contributed by atoms with Gasteiger partial charge in [0.25, 0.3) is 5.91 Å². The number of para-hydroxylation sites is 1. The van der Waals surface area contributed by atoms with E-state index in [9.17, 15) is 19.1 Å². The molecule has 5 nitrogen and oxygen atoms in total. The predicted molar refractivity (Wildman–Crippen MR) is 81.4 cm³/mol. The Kier molecular flexibility index (Phi) is 3.73. The van der Waals surface area contributed by atoms with Crippen molar-refractivity contribution in [3.8, 4) is 5.75 Å². The van der Waals surface area contributed by atoms with E-state index in [-0.39, 0.29) is 23.8 Å². The van der Waals surface area contributed by atoms with E-state index in [1.165, 1.54) is 24.1 Å². The number of carbonyl (C=O) groups excluding carboxylic acids is 1. The summed E-state index contributed by atoms with van der Waals surface area (Å²) >= 11 is 0. The SMILES string of the molecule is COc1cc(C(=O)N2CC(C(=O)O)c3ccccc32)ccc1F. The second kappa shape index (κ2) is 5.72. The van der Waals surface area contributed by atoms with Crippen LogP contribution in [0.15, 0.2) is 42.5 Å². The summed E-state index contributed by atoms with van der Waals surface area (Å²) in [6.07, 6.45) is 0. The van der Waals surface area contributed by atoms with Gasteiger partial charge in [-0.05, 0) is 29.8 Å². The molecule has 0 bridgehead atoms. The Bertz CT molecular complexity index is 790. The number of amides is 1. The zero-order valence-corrected chi connectivity index (χ0v) is 12.3. The maximum atomic E-state index is 13.5. The molecule has 1 atom stereocenters. The van der Waals surface area contributed by atoms with Crippen LogP contribution in [0.4, 0.5) is 10.1 Å². The zero-order chi connectivity index (χ0) is 16.6. The van der Waals surface area contributed by atoms with Gasteiger partial charge in [-0.25, -0.2) is 4.39 Å². The molecular formula is C17H14FNO4. The third-order valence-corrected chi connectivity index (χ3v) is 3.91. The van der Waals surface area contributed by atoms with Crippen LogP contribution in [-0.2, 0) is 4.79 Å². The molecule has 0 fully saturated rings. The third-order valence-electron chi connectivity index (χ3n) is 3.91. The van der Waals surface area contributed by atoms with Gasteiger partial charge in [-0.1, -0.05) is 18.2 Å². The molecule has 1 heterocycles. The Hall–Kier alpha value is -2.89. The lowest BCUT2D eigenvalue weighted by molar-refractivity contribution is -0.138. The van der Waals surface area contributed by atoms with Gasteiger partial charge in [0, 0.05) is 17.8 Å². The fourth-order valence-electron chi connectivity index (χ4n) is 2.76. The van der Waals surface area contributed by atoms with Gasteiger partial charge >= 0.3 is 5.97 Å². The number of hydrogen-bond donors (Lipinski definition) is 1. The molecule has 118 valence electrons. The molecule has 0 saturated heterocycles. The second-order valence-electron chi connectivity index (χ2n) is 5.21. The van der Waals surface area contributed by atoms with Gasteiger partial charge in [0.15, 0.2) is 11.6 Å². The third kappa shape index (κ3) is 2.52. The highest BCUT2D eigenvalue weighted by molar-refractivity contribution is 6.09. The van der Waals surface area contributed by atoms with Crippen LogP contribution in [0.5, 0.6) is 5.75 Å². The van der Waals surface area contributed by atoms with Crippen molar-refractivity contribution in [2.45, 2.75) is 5.92 Å². The highest BCUT2D eigenvalue weighted by Gasteiger charge is 2.36. The van der Waals surface area contributed by atoms with Crippen molar-refractivity contribution in [2.24, 2.45) is 0 Å². The van der Waals surface area contributed by atoms with E-state index in [1.54, 1.807) is 24.3 Å². The van der Waals surface area contributed by atoms with Crippen molar-refractivity contribution in [2.75, 3.05) is 18.6 Å². The molecule has 1 N–H and O–H groups in total. The van der Waals surface area contributed by atoms with Crippen LogP contribution in [0.2, 0.25) is 0 Å². The summed E-state index contributed by atoms with van der Waals surface area (Å²) in [6.45, 7) is 0.0488. The number of aliphatic carboxylic acids is 1. The quantitative estimate of drug-likeness (QED) is 0.945. The first kappa shape index (κ1) is 15.0. The van der Waals surface area contributed by atoms with E-state index in [0.29, 0.717) is 11.3 Å². The lowest BCUT2D eigenvalue weighted by atomic mass is 10.0.